The Morgan fingerprint density at radius 1 is 1.17 bits per heavy atom. The Morgan fingerprint density at radius 2 is 1.83 bits per heavy atom. The first-order valence-electron chi connectivity index (χ1n) is 6.56. The van der Waals surface area contributed by atoms with Crippen molar-refractivity contribution in [2.45, 2.75) is 53.4 Å². The molecule has 0 fully saturated rings. The van der Waals surface area contributed by atoms with Gasteiger partial charge in [-0.15, -0.1) is 0 Å². The zero-order chi connectivity index (χ0) is 13.3. The van der Waals surface area contributed by atoms with Crippen LogP contribution in [0.5, 0.6) is 0 Å². The maximum atomic E-state index is 11.9. The van der Waals surface area contributed by atoms with E-state index in [1.165, 1.54) is 18.4 Å². The second-order valence-electron chi connectivity index (χ2n) is 5.97. The molecule has 0 aliphatic heterocycles. The van der Waals surface area contributed by atoms with E-state index in [0.29, 0.717) is 5.95 Å². The second kappa shape index (κ2) is 4.67. The molecule has 18 heavy (non-hydrogen) atoms. The number of rotatable bonds is 1. The number of nitrogens with one attached hydrogen (secondary N) is 1. The summed E-state index contributed by atoms with van der Waals surface area (Å²) in [6.45, 7) is 7.65. The Balaban J connectivity index is 2.25. The average Bonchev–Trinajstić information content (AvgIpc) is 2.27. The van der Waals surface area contributed by atoms with Crippen LogP contribution in [0.1, 0.15) is 50.6 Å². The first-order valence-corrected chi connectivity index (χ1v) is 6.56. The highest BCUT2D eigenvalue weighted by atomic mass is 16.2. The van der Waals surface area contributed by atoms with E-state index in [1.807, 2.05) is 27.7 Å². The fourth-order valence-electron chi connectivity index (χ4n) is 2.13. The summed E-state index contributed by atoms with van der Waals surface area (Å²) in [5.41, 5.74) is 2.96. The van der Waals surface area contributed by atoms with Crippen molar-refractivity contribution in [1.82, 2.24) is 9.97 Å². The topological polar surface area (TPSA) is 54.9 Å². The number of aryl methyl sites for hydroxylation is 2. The third-order valence-electron chi connectivity index (χ3n) is 3.30. The van der Waals surface area contributed by atoms with Crippen LogP contribution in [-0.2, 0) is 17.6 Å². The van der Waals surface area contributed by atoms with E-state index in [1.54, 1.807) is 0 Å². The molecule has 0 spiro atoms. The summed E-state index contributed by atoms with van der Waals surface area (Å²) in [5.74, 6) is 0.408. The Bertz CT molecular complexity index is 475. The number of hydrogen-bond acceptors (Lipinski definition) is 3. The van der Waals surface area contributed by atoms with Gasteiger partial charge < -0.3 is 0 Å². The molecule has 1 aromatic heterocycles. The van der Waals surface area contributed by atoms with Gasteiger partial charge >= 0.3 is 0 Å². The van der Waals surface area contributed by atoms with Crippen molar-refractivity contribution in [1.29, 1.82) is 0 Å². The highest BCUT2D eigenvalue weighted by Crippen LogP contribution is 2.23. The smallest absolute Gasteiger partial charge is 0.232 e. The number of carbonyl (C=O) groups is 1. The third kappa shape index (κ3) is 2.68. The van der Waals surface area contributed by atoms with Crippen LogP contribution in [0.2, 0.25) is 0 Å². The van der Waals surface area contributed by atoms with Gasteiger partial charge in [-0.1, -0.05) is 20.8 Å². The number of hydrogen-bond donors (Lipinski definition) is 1. The molecule has 1 amide bonds. The van der Waals surface area contributed by atoms with Gasteiger partial charge in [-0.2, -0.15) is 0 Å². The highest BCUT2D eigenvalue weighted by molar-refractivity contribution is 5.93. The van der Waals surface area contributed by atoms with Gasteiger partial charge in [-0.25, -0.2) is 9.97 Å². The molecule has 0 saturated heterocycles. The van der Waals surface area contributed by atoms with Crippen LogP contribution in [0.4, 0.5) is 5.95 Å². The zero-order valence-electron chi connectivity index (χ0n) is 11.6. The van der Waals surface area contributed by atoms with Crippen LogP contribution >= 0.6 is 0 Å². The molecule has 2 rings (SSSR count). The summed E-state index contributed by atoms with van der Waals surface area (Å²) >= 11 is 0. The van der Waals surface area contributed by atoms with Gasteiger partial charge in [0.2, 0.25) is 11.9 Å². The van der Waals surface area contributed by atoms with Crippen molar-refractivity contribution in [3.8, 4) is 0 Å². The van der Waals surface area contributed by atoms with E-state index in [-0.39, 0.29) is 5.91 Å². The molecule has 1 heterocycles. The molecule has 0 atom stereocenters. The lowest BCUT2D eigenvalue weighted by Crippen LogP contribution is -2.29. The maximum absolute atomic E-state index is 11.9. The molecule has 1 aliphatic rings. The molecule has 1 aromatic rings. The molecule has 98 valence electrons. The van der Waals surface area contributed by atoms with Gasteiger partial charge in [-0.3, -0.25) is 10.1 Å². The fourth-order valence-corrected chi connectivity index (χ4v) is 2.13. The summed E-state index contributed by atoms with van der Waals surface area (Å²) in [4.78, 5) is 20.8. The largest absolute Gasteiger partial charge is 0.294 e. The Labute approximate surface area is 108 Å². The monoisotopic (exact) mass is 247 g/mol. The van der Waals surface area contributed by atoms with Gasteiger partial charge in [0.05, 0.1) is 0 Å². The van der Waals surface area contributed by atoms with Crippen molar-refractivity contribution in [3.05, 3.63) is 17.0 Å². The van der Waals surface area contributed by atoms with E-state index in [2.05, 4.69) is 15.3 Å². The Hall–Kier alpha value is -1.45. The zero-order valence-corrected chi connectivity index (χ0v) is 11.6. The van der Waals surface area contributed by atoms with Crippen LogP contribution in [-0.4, -0.2) is 15.9 Å². The summed E-state index contributed by atoms with van der Waals surface area (Å²) in [6.07, 6.45) is 4.45. The molecular weight excluding hydrogens is 226 g/mol. The van der Waals surface area contributed by atoms with Crippen molar-refractivity contribution >= 4 is 11.9 Å². The Kier molecular flexibility index (Phi) is 3.37. The minimum absolute atomic E-state index is 0.0438. The predicted octanol–water partition coefficient (Wildman–Crippen LogP) is 2.65. The molecule has 1 aliphatic carbocycles. The standard InChI is InChI=1S/C14H21N3O/c1-9-10-7-5-6-8-11(10)16-13(15-9)17-12(18)14(2,3)4/h5-8H2,1-4H3,(H,15,16,17,18). The summed E-state index contributed by atoms with van der Waals surface area (Å²) in [7, 11) is 0. The predicted molar refractivity (Wildman–Crippen MR) is 71.5 cm³/mol. The van der Waals surface area contributed by atoms with Gasteiger partial charge in [0.15, 0.2) is 0 Å². The van der Waals surface area contributed by atoms with Crippen LogP contribution < -0.4 is 5.32 Å². The van der Waals surface area contributed by atoms with Gasteiger partial charge in [0.25, 0.3) is 0 Å². The number of nitrogens with zero attached hydrogens (tertiary/aromatic N) is 2. The molecule has 4 heteroatoms. The minimum Gasteiger partial charge on any atom is -0.294 e. The minimum atomic E-state index is -0.423. The molecule has 4 nitrogen and oxygen atoms in total. The Morgan fingerprint density at radius 3 is 2.50 bits per heavy atom. The summed E-state index contributed by atoms with van der Waals surface area (Å²) in [6, 6.07) is 0. The molecule has 0 radical (unpaired) electrons. The van der Waals surface area contributed by atoms with E-state index >= 15 is 0 Å². The lowest BCUT2D eigenvalue weighted by atomic mass is 9.95. The number of amides is 1. The van der Waals surface area contributed by atoms with Crippen molar-refractivity contribution in [2.75, 3.05) is 5.32 Å². The van der Waals surface area contributed by atoms with Crippen LogP contribution in [0.25, 0.3) is 0 Å². The van der Waals surface area contributed by atoms with Crippen LogP contribution in [0, 0.1) is 12.3 Å². The summed E-state index contributed by atoms with van der Waals surface area (Å²) < 4.78 is 0. The molecule has 0 aromatic carbocycles. The number of carbonyl (C=O) groups excluding carboxylic acids is 1. The van der Waals surface area contributed by atoms with Gasteiger partial charge in [0, 0.05) is 16.8 Å². The number of anilines is 1. The quantitative estimate of drug-likeness (QED) is 0.830. The third-order valence-corrected chi connectivity index (χ3v) is 3.30. The number of aromatic nitrogens is 2. The molecule has 0 bridgehead atoms. The van der Waals surface area contributed by atoms with Crippen LogP contribution in [0.15, 0.2) is 0 Å². The van der Waals surface area contributed by atoms with Crippen molar-refractivity contribution in [3.63, 3.8) is 0 Å². The van der Waals surface area contributed by atoms with E-state index in [9.17, 15) is 4.79 Å². The van der Waals surface area contributed by atoms with Gasteiger partial charge in [0.1, 0.15) is 0 Å². The van der Waals surface area contributed by atoms with Crippen LogP contribution in [0.3, 0.4) is 0 Å². The normalized spacial score (nSPS) is 15.1. The second-order valence-corrected chi connectivity index (χ2v) is 5.97. The van der Waals surface area contributed by atoms with Crippen molar-refractivity contribution < 1.29 is 4.79 Å². The SMILES string of the molecule is Cc1nc(NC(=O)C(C)(C)C)nc2c1CCCC2. The number of fused-ring (bicyclic) bond motifs is 1. The molecule has 0 saturated carbocycles. The first kappa shape index (κ1) is 13.0. The fraction of sp³-hybridized carbons (Fsp3) is 0.643. The molecule has 0 unspecified atom stereocenters. The van der Waals surface area contributed by atoms with Gasteiger partial charge in [-0.05, 0) is 38.2 Å². The lowest BCUT2D eigenvalue weighted by Gasteiger charge is -2.20. The average molecular weight is 247 g/mol. The van der Waals surface area contributed by atoms with Crippen molar-refractivity contribution in [2.24, 2.45) is 5.41 Å². The van der Waals surface area contributed by atoms with E-state index in [0.717, 1.165) is 24.2 Å². The highest BCUT2D eigenvalue weighted by Gasteiger charge is 2.23. The lowest BCUT2D eigenvalue weighted by molar-refractivity contribution is -0.123. The maximum Gasteiger partial charge on any atom is 0.232 e. The first-order chi connectivity index (χ1) is 8.38. The summed E-state index contributed by atoms with van der Waals surface area (Å²) in [5, 5.41) is 2.81. The molecule has 1 N–H and O–H groups in total. The van der Waals surface area contributed by atoms with E-state index in [4.69, 9.17) is 0 Å². The molecular formula is C14H21N3O. The van der Waals surface area contributed by atoms with E-state index < -0.39 is 5.41 Å².